The summed E-state index contributed by atoms with van der Waals surface area (Å²) in [5.41, 5.74) is 3.17. The van der Waals surface area contributed by atoms with Crippen LogP contribution >= 0.6 is 0 Å². The van der Waals surface area contributed by atoms with E-state index in [1.165, 1.54) is 24.3 Å². The third-order valence-corrected chi connectivity index (χ3v) is 8.35. The Morgan fingerprint density at radius 3 is 2.22 bits per heavy atom. The third kappa shape index (κ3) is 8.28. The summed E-state index contributed by atoms with van der Waals surface area (Å²) in [7, 11) is 3.99. The Kier molecular flexibility index (Phi) is 10.3. The number of nitrogens with zero attached hydrogens (tertiary/aromatic N) is 4. The van der Waals surface area contributed by atoms with Crippen LogP contribution in [-0.2, 0) is 28.7 Å². The number of hydrogen-bond acceptors (Lipinski definition) is 4. The molecular formula is C37H37F3N4O2. The molecule has 0 N–H and O–H groups in total. The van der Waals surface area contributed by atoms with Crippen LogP contribution in [0.1, 0.15) is 28.7 Å². The summed E-state index contributed by atoms with van der Waals surface area (Å²) >= 11 is 0. The highest BCUT2D eigenvalue weighted by Gasteiger charge is 2.36. The molecule has 2 amide bonds. The molecule has 238 valence electrons. The van der Waals surface area contributed by atoms with Crippen molar-refractivity contribution in [3.8, 4) is 11.3 Å². The summed E-state index contributed by atoms with van der Waals surface area (Å²) in [5.74, 6) is -0.541. The van der Waals surface area contributed by atoms with E-state index in [9.17, 15) is 22.8 Å². The van der Waals surface area contributed by atoms with E-state index in [2.05, 4.69) is 9.88 Å². The van der Waals surface area contributed by atoms with Crippen LogP contribution < -0.4 is 0 Å². The van der Waals surface area contributed by atoms with Gasteiger partial charge >= 0.3 is 6.18 Å². The lowest BCUT2D eigenvalue weighted by molar-refractivity contribution is -0.143. The van der Waals surface area contributed by atoms with Crippen LogP contribution in [0.3, 0.4) is 0 Å². The zero-order chi connectivity index (χ0) is 32.7. The van der Waals surface area contributed by atoms with Gasteiger partial charge in [0.25, 0.3) is 0 Å². The minimum Gasteiger partial charge on any atom is -0.339 e. The van der Waals surface area contributed by atoms with Crippen LogP contribution in [0.25, 0.3) is 17.3 Å². The number of pyridine rings is 1. The number of alkyl halides is 3. The Morgan fingerprint density at radius 1 is 0.913 bits per heavy atom. The van der Waals surface area contributed by atoms with Crippen LogP contribution in [0.4, 0.5) is 13.2 Å². The number of likely N-dealkylation sites (N-methyl/N-ethyl adjacent to an activating group) is 1. The molecule has 1 saturated heterocycles. The van der Waals surface area contributed by atoms with Crippen molar-refractivity contribution in [1.82, 2.24) is 19.7 Å². The van der Waals surface area contributed by atoms with Crippen molar-refractivity contribution < 1.29 is 22.8 Å². The molecule has 3 aromatic carbocycles. The second-order valence-corrected chi connectivity index (χ2v) is 11.7. The lowest BCUT2D eigenvalue weighted by atomic mass is 10.0. The maximum absolute atomic E-state index is 14.3. The molecule has 5 rings (SSSR count). The van der Waals surface area contributed by atoms with Gasteiger partial charge in [0, 0.05) is 49.9 Å². The SMILES string of the molecule is CN(C)[C@@H]1CCN(C(=O)[C@H](Cc2ccccc2)N(Cc2ccc(-c3ccccn3)cc2)C(=O)/C=C/c2ccc(C(F)(F)F)cc2)C1. The molecule has 0 spiro atoms. The first-order valence-corrected chi connectivity index (χ1v) is 15.2. The summed E-state index contributed by atoms with van der Waals surface area (Å²) in [4.78, 5) is 38.2. The first-order valence-electron chi connectivity index (χ1n) is 15.2. The summed E-state index contributed by atoms with van der Waals surface area (Å²) in [6, 6.07) is 27.1. The Balaban J connectivity index is 1.47. The van der Waals surface area contributed by atoms with Gasteiger partial charge in [0.05, 0.1) is 11.3 Å². The van der Waals surface area contributed by atoms with E-state index in [1.54, 1.807) is 11.1 Å². The van der Waals surface area contributed by atoms with Crippen LogP contribution in [0, 0.1) is 0 Å². The summed E-state index contributed by atoms with van der Waals surface area (Å²) in [6.45, 7) is 1.32. The van der Waals surface area contributed by atoms with Crippen LogP contribution in [-0.4, -0.2) is 70.8 Å². The highest BCUT2D eigenvalue weighted by Crippen LogP contribution is 2.29. The van der Waals surface area contributed by atoms with Gasteiger partial charge in [0.2, 0.25) is 11.8 Å². The Bertz CT molecular complexity index is 1620. The number of amides is 2. The number of carbonyl (C=O) groups is 2. The molecule has 9 heteroatoms. The second-order valence-electron chi connectivity index (χ2n) is 11.7. The molecule has 1 fully saturated rings. The van der Waals surface area contributed by atoms with E-state index >= 15 is 0 Å². The van der Waals surface area contributed by atoms with Gasteiger partial charge < -0.3 is 14.7 Å². The number of hydrogen-bond donors (Lipinski definition) is 0. The minimum absolute atomic E-state index is 0.130. The van der Waals surface area contributed by atoms with Gasteiger partial charge in [-0.3, -0.25) is 14.6 Å². The van der Waals surface area contributed by atoms with Crippen LogP contribution in [0.2, 0.25) is 0 Å². The fraction of sp³-hybridized carbons (Fsp3) is 0.270. The van der Waals surface area contributed by atoms with Crippen molar-refractivity contribution in [3.63, 3.8) is 0 Å². The average molecular weight is 627 g/mol. The predicted molar refractivity (Wildman–Crippen MR) is 173 cm³/mol. The first-order chi connectivity index (χ1) is 22.1. The van der Waals surface area contributed by atoms with Gasteiger partial charge in [-0.1, -0.05) is 72.8 Å². The van der Waals surface area contributed by atoms with Crippen LogP contribution in [0.15, 0.2) is 109 Å². The standard InChI is InChI=1S/C37H37F3N4O2/c1-42(2)32-21-23-43(26-32)36(46)34(24-28-8-4-3-5-9-28)44(25-29-11-16-30(17-12-29)33-10-6-7-22-41-33)35(45)20-15-27-13-18-31(19-14-27)37(38,39)40/h3-20,22,32,34H,21,23-26H2,1-2H3/b20-15+/t32-,34+/m1/s1. The van der Waals surface area contributed by atoms with E-state index in [0.717, 1.165) is 40.9 Å². The lowest BCUT2D eigenvalue weighted by Crippen LogP contribution is -2.51. The maximum Gasteiger partial charge on any atom is 0.416 e. The van der Waals surface area contributed by atoms with Gasteiger partial charge in [0.1, 0.15) is 6.04 Å². The van der Waals surface area contributed by atoms with Gasteiger partial charge in [-0.15, -0.1) is 0 Å². The summed E-state index contributed by atoms with van der Waals surface area (Å²) in [6.07, 6.45) is 1.26. The average Bonchev–Trinajstić information content (AvgIpc) is 3.57. The fourth-order valence-corrected chi connectivity index (χ4v) is 5.64. The molecule has 0 unspecified atom stereocenters. The fourth-order valence-electron chi connectivity index (χ4n) is 5.64. The minimum atomic E-state index is -4.45. The number of aromatic nitrogens is 1. The molecule has 0 saturated carbocycles. The molecule has 46 heavy (non-hydrogen) atoms. The molecule has 2 atom stereocenters. The number of benzene rings is 3. The normalized spacial score (nSPS) is 15.8. The zero-order valence-corrected chi connectivity index (χ0v) is 25.9. The van der Waals surface area contributed by atoms with E-state index in [4.69, 9.17) is 0 Å². The van der Waals surface area contributed by atoms with Crippen LogP contribution in [0.5, 0.6) is 0 Å². The predicted octanol–water partition coefficient (Wildman–Crippen LogP) is 6.58. The number of rotatable bonds is 10. The molecule has 1 aliphatic rings. The van der Waals surface area contributed by atoms with E-state index in [1.807, 2.05) is 91.8 Å². The summed E-state index contributed by atoms with van der Waals surface area (Å²) in [5, 5.41) is 0. The Morgan fingerprint density at radius 2 is 1.61 bits per heavy atom. The molecule has 6 nitrogen and oxygen atoms in total. The molecule has 1 aliphatic heterocycles. The zero-order valence-electron chi connectivity index (χ0n) is 25.9. The molecule has 0 bridgehead atoms. The second kappa shape index (κ2) is 14.6. The third-order valence-electron chi connectivity index (χ3n) is 8.35. The van der Waals surface area contributed by atoms with Gasteiger partial charge in [-0.05, 0) is 67.5 Å². The van der Waals surface area contributed by atoms with Crippen molar-refractivity contribution in [2.75, 3.05) is 27.2 Å². The Labute approximate surface area is 267 Å². The smallest absolute Gasteiger partial charge is 0.339 e. The van der Waals surface area contributed by atoms with E-state index < -0.39 is 23.7 Å². The number of carbonyl (C=O) groups excluding carboxylic acids is 2. The van der Waals surface area contributed by atoms with Crippen molar-refractivity contribution in [2.24, 2.45) is 0 Å². The molecule has 0 radical (unpaired) electrons. The van der Waals surface area contributed by atoms with Gasteiger partial charge in [-0.25, -0.2) is 0 Å². The van der Waals surface area contributed by atoms with Crippen molar-refractivity contribution in [1.29, 1.82) is 0 Å². The van der Waals surface area contributed by atoms with E-state index in [0.29, 0.717) is 25.1 Å². The lowest BCUT2D eigenvalue weighted by Gasteiger charge is -2.33. The Hall–Kier alpha value is -4.76. The van der Waals surface area contributed by atoms with E-state index in [-0.39, 0.29) is 18.5 Å². The molecule has 2 heterocycles. The van der Waals surface area contributed by atoms with Crippen molar-refractivity contribution >= 4 is 17.9 Å². The van der Waals surface area contributed by atoms with Gasteiger partial charge in [-0.2, -0.15) is 13.2 Å². The summed E-state index contributed by atoms with van der Waals surface area (Å²) < 4.78 is 39.3. The van der Waals surface area contributed by atoms with Gasteiger partial charge in [0.15, 0.2) is 0 Å². The number of likely N-dealkylation sites (tertiary alicyclic amines) is 1. The molecular weight excluding hydrogens is 589 g/mol. The highest BCUT2D eigenvalue weighted by atomic mass is 19.4. The first kappa shape index (κ1) is 32.6. The van der Waals surface area contributed by atoms with Crippen molar-refractivity contribution in [2.45, 2.75) is 37.6 Å². The number of halogens is 3. The topological polar surface area (TPSA) is 56.8 Å². The van der Waals surface area contributed by atoms with Crippen molar-refractivity contribution in [3.05, 3.63) is 132 Å². The molecule has 0 aliphatic carbocycles. The highest BCUT2D eigenvalue weighted by molar-refractivity contribution is 5.96. The molecule has 4 aromatic rings. The monoisotopic (exact) mass is 626 g/mol. The largest absolute Gasteiger partial charge is 0.416 e. The quantitative estimate of drug-likeness (QED) is 0.187. The molecule has 1 aromatic heterocycles. The maximum atomic E-state index is 14.3.